The molecule has 7 heteroatoms. The van der Waals surface area contributed by atoms with Gasteiger partial charge in [0.05, 0.1) is 16.7 Å². The summed E-state index contributed by atoms with van der Waals surface area (Å²) in [7, 11) is 0. The van der Waals surface area contributed by atoms with Crippen LogP contribution in [0, 0.1) is 5.41 Å². The van der Waals surface area contributed by atoms with E-state index in [1.165, 1.54) is 12.1 Å². The highest BCUT2D eigenvalue weighted by atomic mass is 79.9. The van der Waals surface area contributed by atoms with Crippen LogP contribution in [0.1, 0.15) is 31.7 Å². The minimum absolute atomic E-state index is 0.240. The zero-order valence-electron chi connectivity index (χ0n) is 11.4. The summed E-state index contributed by atoms with van der Waals surface area (Å²) in [5, 5.41) is 2.40. The van der Waals surface area contributed by atoms with Gasteiger partial charge in [0.25, 0.3) is 0 Å². The lowest BCUT2D eigenvalue weighted by Crippen LogP contribution is -2.44. The third kappa shape index (κ3) is 3.23. The number of benzene rings is 1. The Bertz CT molecular complexity index is 562. The monoisotopic (exact) mass is 364 g/mol. The summed E-state index contributed by atoms with van der Waals surface area (Å²) in [5.74, 6) is -0.458. The van der Waals surface area contributed by atoms with Crippen molar-refractivity contribution in [3.05, 3.63) is 28.2 Å². The lowest BCUT2D eigenvalue weighted by Gasteiger charge is -2.28. The highest BCUT2D eigenvalue weighted by Gasteiger charge is 2.44. The topological polar surface area (TPSA) is 55.1 Å². The standard InChI is InChI=1S/C14H16BrF3N2O/c1-13(6-2-3-11(13)19)12(21)20-10-5-4-8(15)7-9(10)14(16,17)18/h4-5,7,11H,2-3,6,19H2,1H3,(H,20,21). The summed E-state index contributed by atoms with van der Waals surface area (Å²) in [5.41, 5.74) is 3.99. The third-order valence-corrected chi connectivity index (χ3v) is 4.58. The first kappa shape index (κ1) is 16.3. The highest BCUT2D eigenvalue weighted by molar-refractivity contribution is 9.10. The molecule has 0 spiro atoms. The van der Waals surface area contributed by atoms with E-state index in [1.807, 2.05) is 0 Å². The van der Waals surface area contributed by atoms with E-state index in [1.54, 1.807) is 6.92 Å². The van der Waals surface area contributed by atoms with Crippen molar-refractivity contribution in [2.75, 3.05) is 5.32 Å². The quantitative estimate of drug-likeness (QED) is 0.835. The Morgan fingerprint density at radius 1 is 1.48 bits per heavy atom. The van der Waals surface area contributed by atoms with E-state index in [2.05, 4.69) is 21.2 Å². The second kappa shape index (κ2) is 5.61. The van der Waals surface area contributed by atoms with Crippen LogP contribution < -0.4 is 11.1 Å². The van der Waals surface area contributed by atoms with E-state index < -0.39 is 23.1 Å². The van der Waals surface area contributed by atoms with E-state index in [9.17, 15) is 18.0 Å². The molecule has 2 unspecified atom stereocenters. The lowest BCUT2D eigenvalue weighted by atomic mass is 9.84. The van der Waals surface area contributed by atoms with Gasteiger partial charge in [-0.1, -0.05) is 22.4 Å². The number of amides is 1. The van der Waals surface area contributed by atoms with Crippen LogP contribution in [0.25, 0.3) is 0 Å². The second-order valence-corrected chi connectivity index (χ2v) is 6.47. The molecule has 1 aliphatic rings. The van der Waals surface area contributed by atoms with Gasteiger partial charge in [-0.3, -0.25) is 4.79 Å². The van der Waals surface area contributed by atoms with Crippen molar-refractivity contribution in [1.29, 1.82) is 0 Å². The number of carbonyl (C=O) groups excluding carboxylic acids is 1. The molecule has 1 amide bonds. The molecule has 3 N–H and O–H groups in total. The minimum atomic E-state index is -4.54. The van der Waals surface area contributed by atoms with Crippen molar-refractivity contribution in [2.45, 2.75) is 38.4 Å². The van der Waals surface area contributed by atoms with E-state index in [-0.39, 0.29) is 11.7 Å². The Balaban J connectivity index is 2.30. The predicted molar refractivity (Wildman–Crippen MR) is 77.7 cm³/mol. The van der Waals surface area contributed by atoms with E-state index in [0.717, 1.165) is 12.5 Å². The van der Waals surface area contributed by atoms with Gasteiger partial charge in [-0.25, -0.2) is 0 Å². The van der Waals surface area contributed by atoms with Gasteiger partial charge in [0, 0.05) is 10.5 Å². The molecule has 1 aliphatic carbocycles. The number of carbonyl (C=O) groups is 1. The van der Waals surface area contributed by atoms with Gasteiger partial charge in [-0.05, 0) is 38.0 Å². The molecule has 1 aromatic carbocycles. The fraction of sp³-hybridized carbons (Fsp3) is 0.500. The van der Waals surface area contributed by atoms with Crippen molar-refractivity contribution < 1.29 is 18.0 Å². The van der Waals surface area contributed by atoms with Crippen molar-refractivity contribution in [2.24, 2.45) is 11.1 Å². The molecule has 0 bridgehead atoms. The van der Waals surface area contributed by atoms with Gasteiger partial charge in [-0.2, -0.15) is 13.2 Å². The Labute approximate surface area is 129 Å². The summed E-state index contributed by atoms with van der Waals surface area (Å²) in [4.78, 5) is 12.3. The maximum atomic E-state index is 13.0. The van der Waals surface area contributed by atoms with Gasteiger partial charge in [0.15, 0.2) is 0 Å². The van der Waals surface area contributed by atoms with Crippen molar-refractivity contribution in [1.82, 2.24) is 0 Å². The Morgan fingerprint density at radius 3 is 2.67 bits per heavy atom. The van der Waals surface area contributed by atoms with Crippen molar-refractivity contribution in [3.63, 3.8) is 0 Å². The Hall–Kier alpha value is -1.08. The normalized spacial score (nSPS) is 25.9. The molecule has 0 aliphatic heterocycles. The van der Waals surface area contributed by atoms with Crippen LogP contribution in [-0.2, 0) is 11.0 Å². The number of nitrogens with two attached hydrogens (primary N) is 1. The average Bonchev–Trinajstić information content (AvgIpc) is 2.72. The lowest BCUT2D eigenvalue weighted by molar-refractivity contribution is -0.137. The first-order valence-electron chi connectivity index (χ1n) is 6.58. The number of hydrogen-bond donors (Lipinski definition) is 2. The molecule has 2 atom stereocenters. The van der Waals surface area contributed by atoms with Crippen LogP contribution in [0.15, 0.2) is 22.7 Å². The number of nitrogens with one attached hydrogen (secondary N) is 1. The van der Waals surface area contributed by atoms with Crippen LogP contribution in [0.2, 0.25) is 0 Å². The number of rotatable bonds is 2. The van der Waals surface area contributed by atoms with E-state index in [4.69, 9.17) is 5.73 Å². The molecule has 2 rings (SSSR count). The highest BCUT2D eigenvalue weighted by Crippen LogP contribution is 2.40. The molecule has 1 saturated carbocycles. The smallest absolute Gasteiger partial charge is 0.327 e. The van der Waals surface area contributed by atoms with Crippen LogP contribution in [0.3, 0.4) is 0 Å². The maximum absolute atomic E-state index is 13.0. The summed E-state index contributed by atoms with van der Waals surface area (Å²) < 4.78 is 39.4. The van der Waals surface area contributed by atoms with Crippen molar-refractivity contribution in [3.8, 4) is 0 Å². The van der Waals surface area contributed by atoms with Crippen LogP contribution in [0.5, 0.6) is 0 Å². The summed E-state index contributed by atoms with van der Waals surface area (Å²) >= 11 is 3.01. The van der Waals surface area contributed by atoms with Crippen LogP contribution >= 0.6 is 15.9 Å². The average molecular weight is 365 g/mol. The number of alkyl halides is 3. The molecule has 0 heterocycles. The number of anilines is 1. The molecular formula is C14H16BrF3N2O. The summed E-state index contributed by atoms with van der Waals surface area (Å²) in [6, 6.07) is 3.32. The molecule has 1 fully saturated rings. The third-order valence-electron chi connectivity index (χ3n) is 4.08. The maximum Gasteiger partial charge on any atom is 0.418 e. The number of halogens is 4. The first-order valence-corrected chi connectivity index (χ1v) is 7.37. The fourth-order valence-electron chi connectivity index (χ4n) is 2.60. The summed E-state index contributed by atoms with van der Waals surface area (Å²) in [6.45, 7) is 1.70. The second-order valence-electron chi connectivity index (χ2n) is 5.56. The van der Waals surface area contributed by atoms with Crippen LogP contribution in [0.4, 0.5) is 18.9 Å². The van der Waals surface area contributed by atoms with E-state index >= 15 is 0 Å². The molecule has 21 heavy (non-hydrogen) atoms. The zero-order valence-corrected chi connectivity index (χ0v) is 13.0. The largest absolute Gasteiger partial charge is 0.418 e. The molecule has 0 radical (unpaired) electrons. The zero-order chi connectivity index (χ0) is 15.8. The van der Waals surface area contributed by atoms with E-state index in [0.29, 0.717) is 17.3 Å². The SMILES string of the molecule is CC1(C(=O)Nc2ccc(Br)cc2C(F)(F)F)CCCC1N. The molecule has 116 valence electrons. The molecule has 0 aromatic heterocycles. The molecular weight excluding hydrogens is 349 g/mol. The fourth-order valence-corrected chi connectivity index (χ4v) is 2.96. The Kier molecular flexibility index (Phi) is 4.35. The summed E-state index contributed by atoms with van der Waals surface area (Å²) in [6.07, 6.45) is -2.45. The van der Waals surface area contributed by atoms with Gasteiger partial charge in [0.1, 0.15) is 0 Å². The van der Waals surface area contributed by atoms with Gasteiger partial charge < -0.3 is 11.1 Å². The Morgan fingerprint density at radius 2 is 2.14 bits per heavy atom. The predicted octanol–water partition coefficient (Wildman–Crippen LogP) is 3.92. The molecule has 1 aromatic rings. The first-order chi connectivity index (χ1) is 9.64. The molecule has 3 nitrogen and oxygen atoms in total. The molecule has 0 saturated heterocycles. The van der Waals surface area contributed by atoms with Crippen LogP contribution in [-0.4, -0.2) is 11.9 Å². The van der Waals surface area contributed by atoms with Gasteiger partial charge in [0.2, 0.25) is 5.91 Å². The van der Waals surface area contributed by atoms with Crippen molar-refractivity contribution >= 4 is 27.5 Å². The minimum Gasteiger partial charge on any atom is -0.327 e. The number of hydrogen-bond acceptors (Lipinski definition) is 2. The van der Waals surface area contributed by atoms with Gasteiger partial charge >= 0.3 is 6.18 Å². The van der Waals surface area contributed by atoms with Gasteiger partial charge in [-0.15, -0.1) is 0 Å².